The van der Waals surface area contributed by atoms with E-state index >= 15 is 0 Å². The Morgan fingerprint density at radius 1 is 1.37 bits per heavy atom. The van der Waals surface area contributed by atoms with Gasteiger partial charge in [-0.15, -0.1) is 0 Å². The molecule has 1 radical (unpaired) electrons. The first-order valence-corrected chi connectivity index (χ1v) is 8.96. The van der Waals surface area contributed by atoms with E-state index in [1.165, 1.54) is 18.6 Å². The van der Waals surface area contributed by atoms with Gasteiger partial charge in [-0.3, -0.25) is 14.8 Å². The lowest BCUT2D eigenvalue weighted by Crippen LogP contribution is -2.50. The minimum atomic E-state index is -1.45. The molecule has 1 fully saturated rings. The van der Waals surface area contributed by atoms with Gasteiger partial charge >= 0.3 is 0 Å². The Labute approximate surface area is 157 Å². The summed E-state index contributed by atoms with van der Waals surface area (Å²) in [4.78, 5) is 23.4. The summed E-state index contributed by atoms with van der Waals surface area (Å²) in [6.45, 7) is 0. The number of nitrogens with two attached hydrogens (primary N) is 1. The lowest BCUT2D eigenvalue weighted by molar-refractivity contribution is -0.150. The van der Waals surface area contributed by atoms with Crippen LogP contribution in [-0.4, -0.2) is 38.9 Å². The van der Waals surface area contributed by atoms with Crippen molar-refractivity contribution in [3.8, 4) is 0 Å². The maximum atomic E-state index is 13.2. The Bertz CT molecular complexity index is 661. The average Bonchev–Trinajstić information content (AvgIpc) is 2.64. The van der Waals surface area contributed by atoms with Gasteiger partial charge in [0.05, 0.1) is 17.6 Å². The maximum Gasteiger partial charge on any atom is 0.249 e. The lowest BCUT2D eigenvalue weighted by Gasteiger charge is -2.40. The van der Waals surface area contributed by atoms with E-state index in [1.807, 2.05) is 0 Å². The summed E-state index contributed by atoms with van der Waals surface area (Å²) in [6.07, 6.45) is 1.64. The van der Waals surface area contributed by atoms with Gasteiger partial charge in [0, 0.05) is 5.92 Å². The second kappa shape index (κ2) is 9.25. The topological polar surface area (TPSA) is 133 Å². The number of carbonyl (C=O) groups excluding carboxylic acids is 2. The van der Waals surface area contributed by atoms with Gasteiger partial charge in [-0.05, 0) is 62.6 Å². The molecular weight excluding hydrogens is 355 g/mol. The first-order valence-electron chi connectivity index (χ1n) is 8.96. The molecule has 0 spiro atoms. The van der Waals surface area contributed by atoms with Crippen molar-refractivity contribution in [2.24, 2.45) is 17.6 Å². The van der Waals surface area contributed by atoms with Gasteiger partial charge in [-0.1, -0.05) is 12.1 Å². The summed E-state index contributed by atoms with van der Waals surface area (Å²) in [7, 11) is 0. The van der Waals surface area contributed by atoms with Gasteiger partial charge in [0.15, 0.2) is 0 Å². The molecule has 2 rings (SSSR count). The summed E-state index contributed by atoms with van der Waals surface area (Å²) < 4.78 is 13.2. The molecule has 0 saturated heterocycles. The fourth-order valence-electron chi connectivity index (χ4n) is 3.67. The Hall–Kier alpha value is -2.03. The van der Waals surface area contributed by atoms with E-state index in [1.54, 1.807) is 17.6 Å². The molecule has 0 aliphatic heterocycles. The Kier molecular flexibility index (Phi) is 7.29. The van der Waals surface area contributed by atoms with Crippen molar-refractivity contribution < 1.29 is 29.4 Å². The predicted octanol–water partition coefficient (Wildman–Crippen LogP) is 0.852. The highest BCUT2D eigenvalue weighted by Gasteiger charge is 2.45. The molecule has 1 aliphatic carbocycles. The van der Waals surface area contributed by atoms with E-state index in [0.717, 1.165) is 0 Å². The molecule has 1 aromatic carbocycles. The van der Waals surface area contributed by atoms with Gasteiger partial charge in [-0.2, -0.15) is 0 Å². The maximum absolute atomic E-state index is 13.2. The van der Waals surface area contributed by atoms with Crippen LogP contribution in [0.4, 0.5) is 4.39 Å². The van der Waals surface area contributed by atoms with Crippen LogP contribution in [0.2, 0.25) is 0 Å². The monoisotopic (exact) mass is 381 g/mol. The minimum absolute atomic E-state index is 0.112. The second-order valence-corrected chi connectivity index (χ2v) is 7.18. The number of halogens is 1. The number of carbonyl (C=O) groups is 2. The third-order valence-corrected chi connectivity index (χ3v) is 5.32. The molecule has 2 unspecified atom stereocenters. The number of hydrogen-bond acceptors (Lipinski definition) is 5. The normalized spacial score (nSPS) is 24.8. The van der Waals surface area contributed by atoms with E-state index < -0.39 is 29.4 Å². The first-order chi connectivity index (χ1) is 12.7. The third kappa shape index (κ3) is 5.72. The number of nitrogens with one attached hydrogen (secondary N) is 1. The Morgan fingerprint density at radius 2 is 2.04 bits per heavy atom. The smallest absolute Gasteiger partial charge is 0.249 e. The zero-order chi connectivity index (χ0) is 20.0. The number of hydroxylamine groups is 1. The molecule has 7 nitrogen and oxygen atoms in total. The van der Waals surface area contributed by atoms with Gasteiger partial charge in [0.1, 0.15) is 5.82 Å². The zero-order valence-corrected chi connectivity index (χ0v) is 15.0. The SMILES string of the molecule is NC(=O)C1CCC(O)(C(CC(O)[CH]Cc2cccc(F)c2)C(=O)NO)CC1. The van der Waals surface area contributed by atoms with Crippen LogP contribution in [0, 0.1) is 24.1 Å². The largest absolute Gasteiger partial charge is 0.393 e. The van der Waals surface area contributed by atoms with Crippen molar-refractivity contribution in [3.63, 3.8) is 0 Å². The zero-order valence-electron chi connectivity index (χ0n) is 15.0. The van der Waals surface area contributed by atoms with Crippen LogP contribution in [0.3, 0.4) is 0 Å². The molecule has 6 N–H and O–H groups in total. The number of aliphatic hydroxyl groups excluding tert-OH is 1. The van der Waals surface area contributed by atoms with Crippen LogP contribution in [-0.2, 0) is 16.0 Å². The molecule has 0 aromatic heterocycles. The van der Waals surface area contributed by atoms with Crippen LogP contribution in [0.15, 0.2) is 24.3 Å². The molecule has 8 heteroatoms. The van der Waals surface area contributed by atoms with Crippen molar-refractivity contribution in [1.82, 2.24) is 5.48 Å². The van der Waals surface area contributed by atoms with Gasteiger partial charge in [0.25, 0.3) is 0 Å². The summed E-state index contributed by atoms with van der Waals surface area (Å²) in [5, 5.41) is 30.2. The molecule has 2 atom stereocenters. The van der Waals surface area contributed by atoms with Crippen LogP contribution in [0.1, 0.15) is 37.7 Å². The number of hydrogen-bond donors (Lipinski definition) is 5. The molecule has 149 valence electrons. The summed E-state index contributed by atoms with van der Waals surface area (Å²) >= 11 is 0. The number of primary amides is 1. The molecule has 0 bridgehead atoms. The molecule has 1 aliphatic rings. The molecule has 0 heterocycles. The number of aliphatic hydroxyl groups is 2. The standard InChI is InChI=1S/C19H26FN2O5/c20-14-3-1-2-12(10-14)4-5-15(23)11-16(18(25)22-27)19(26)8-6-13(7-9-19)17(21)24/h1-3,5,10,13,15-16,23,26-27H,4,6-9,11H2,(H2,21,24)(H,22,25). The number of benzene rings is 1. The molecular formula is C19H26FN2O5. The summed E-state index contributed by atoms with van der Waals surface area (Å²) in [6, 6.07) is 5.94. The molecule has 2 amide bonds. The van der Waals surface area contributed by atoms with E-state index in [4.69, 9.17) is 10.9 Å². The number of rotatable bonds is 8. The molecule has 27 heavy (non-hydrogen) atoms. The minimum Gasteiger partial charge on any atom is -0.393 e. The van der Waals surface area contributed by atoms with Crippen LogP contribution >= 0.6 is 0 Å². The van der Waals surface area contributed by atoms with Crippen LogP contribution in [0.25, 0.3) is 0 Å². The molecule has 1 aromatic rings. The van der Waals surface area contributed by atoms with Crippen molar-refractivity contribution in [1.29, 1.82) is 0 Å². The van der Waals surface area contributed by atoms with Crippen LogP contribution in [0.5, 0.6) is 0 Å². The van der Waals surface area contributed by atoms with Gasteiger partial charge in [-0.25, -0.2) is 9.87 Å². The van der Waals surface area contributed by atoms with E-state index in [0.29, 0.717) is 18.4 Å². The Morgan fingerprint density at radius 3 is 2.59 bits per heavy atom. The van der Waals surface area contributed by atoms with Crippen molar-refractivity contribution >= 4 is 11.8 Å². The lowest BCUT2D eigenvalue weighted by atomic mass is 9.70. The number of amides is 2. The van der Waals surface area contributed by atoms with Crippen LogP contribution < -0.4 is 11.2 Å². The van der Waals surface area contributed by atoms with E-state index in [9.17, 15) is 24.2 Å². The predicted molar refractivity (Wildman–Crippen MR) is 94.5 cm³/mol. The van der Waals surface area contributed by atoms with Gasteiger partial charge < -0.3 is 15.9 Å². The highest BCUT2D eigenvalue weighted by atomic mass is 19.1. The van der Waals surface area contributed by atoms with E-state index in [-0.39, 0.29) is 37.4 Å². The fourth-order valence-corrected chi connectivity index (χ4v) is 3.67. The summed E-state index contributed by atoms with van der Waals surface area (Å²) in [5.74, 6) is -3.03. The van der Waals surface area contributed by atoms with Crippen molar-refractivity contribution in [2.75, 3.05) is 0 Å². The highest BCUT2D eigenvalue weighted by Crippen LogP contribution is 2.39. The van der Waals surface area contributed by atoms with Crippen molar-refractivity contribution in [3.05, 3.63) is 42.1 Å². The van der Waals surface area contributed by atoms with E-state index in [2.05, 4.69) is 0 Å². The molecule has 1 saturated carbocycles. The first kappa shape index (κ1) is 21.3. The van der Waals surface area contributed by atoms with Gasteiger partial charge in [0.2, 0.25) is 11.8 Å². The average molecular weight is 381 g/mol. The Balaban J connectivity index is 1.99. The fraction of sp³-hybridized carbons (Fsp3) is 0.526. The second-order valence-electron chi connectivity index (χ2n) is 7.18. The third-order valence-electron chi connectivity index (χ3n) is 5.32. The highest BCUT2D eigenvalue weighted by molar-refractivity contribution is 5.79. The van der Waals surface area contributed by atoms with Crippen molar-refractivity contribution in [2.45, 2.75) is 50.2 Å². The summed E-state index contributed by atoms with van der Waals surface area (Å²) in [5.41, 5.74) is 6.05. The quantitative estimate of drug-likeness (QED) is 0.336.